The van der Waals surface area contributed by atoms with Crippen LogP contribution in [-0.4, -0.2) is 32.0 Å². The van der Waals surface area contributed by atoms with E-state index in [1.54, 1.807) is 0 Å². The average Bonchev–Trinajstić information content (AvgIpc) is 2.79. The van der Waals surface area contributed by atoms with E-state index in [0.29, 0.717) is 19.5 Å². The van der Waals surface area contributed by atoms with Gasteiger partial charge in [-0.2, -0.15) is 0 Å². The first-order valence-corrected chi connectivity index (χ1v) is 9.62. The molecule has 3 aromatic carbocycles. The molecule has 0 unspecified atom stereocenters. The predicted octanol–water partition coefficient (Wildman–Crippen LogP) is 2.43. The molecule has 0 saturated carbocycles. The fourth-order valence-corrected chi connectivity index (χ4v) is 3.48. The Morgan fingerprint density at radius 2 is 1.17 bits per heavy atom. The third-order valence-corrected chi connectivity index (χ3v) is 4.81. The summed E-state index contributed by atoms with van der Waals surface area (Å²) in [7, 11) is 0. The van der Waals surface area contributed by atoms with Gasteiger partial charge in [0.05, 0.1) is 12.1 Å². The smallest absolute Gasteiger partial charge is 0.234 e. The van der Waals surface area contributed by atoms with Gasteiger partial charge in [-0.3, -0.25) is 14.9 Å². The lowest BCUT2D eigenvalue weighted by atomic mass is 9.77. The van der Waals surface area contributed by atoms with Crippen LogP contribution in [-0.2, 0) is 15.1 Å². The van der Waals surface area contributed by atoms with Crippen molar-refractivity contribution in [3.05, 3.63) is 108 Å². The molecule has 0 heterocycles. The first-order valence-electron chi connectivity index (χ1n) is 9.62. The number of hydrogen-bond acceptors (Lipinski definition) is 3. The highest BCUT2D eigenvalue weighted by molar-refractivity contribution is 5.78. The van der Waals surface area contributed by atoms with E-state index in [9.17, 15) is 9.59 Å². The molecule has 29 heavy (non-hydrogen) atoms. The van der Waals surface area contributed by atoms with E-state index >= 15 is 0 Å². The molecule has 2 amide bonds. The van der Waals surface area contributed by atoms with Gasteiger partial charge in [0.15, 0.2) is 0 Å². The van der Waals surface area contributed by atoms with Gasteiger partial charge in [0, 0.05) is 13.1 Å². The predicted molar refractivity (Wildman–Crippen MR) is 114 cm³/mol. The zero-order chi connectivity index (χ0) is 20.4. The second-order valence-corrected chi connectivity index (χ2v) is 6.62. The number of amides is 2. The van der Waals surface area contributed by atoms with E-state index in [0.717, 1.165) is 16.7 Å². The van der Waals surface area contributed by atoms with Gasteiger partial charge in [0.25, 0.3) is 0 Å². The lowest BCUT2D eigenvalue weighted by molar-refractivity contribution is -0.120. The van der Waals surface area contributed by atoms with Gasteiger partial charge in [-0.05, 0) is 16.7 Å². The Hall–Kier alpha value is -3.44. The van der Waals surface area contributed by atoms with Gasteiger partial charge in [-0.15, -0.1) is 0 Å². The minimum absolute atomic E-state index is 0.125. The number of benzene rings is 3. The summed E-state index contributed by atoms with van der Waals surface area (Å²) in [6, 6.07) is 30.4. The van der Waals surface area contributed by atoms with Crippen molar-refractivity contribution in [2.24, 2.45) is 0 Å². The van der Waals surface area contributed by atoms with Crippen molar-refractivity contribution in [3.63, 3.8) is 0 Å². The monoisotopic (exact) mass is 387 g/mol. The van der Waals surface area contributed by atoms with Crippen LogP contribution in [0.4, 0.5) is 0 Å². The Balaban J connectivity index is 1.97. The molecule has 3 N–H and O–H groups in total. The highest BCUT2D eigenvalue weighted by Crippen LogP contribution is 2.36. The topological polar surface area (TPSA) is 70.2 Å². The minimum atomic E-state index is -0.678. The van der Waals surface area contributed by atoms with Gasteiger partial charge < -0.3 is 10.6 Å². The molecule has 0 fully saturated rings. The minimum Gasteiger partial charge on any atom is -0.357 e. The van der Waals surface area contributed by atoms with Gasteiger partial charge >= 0.3 is 0 Å². The summed E-state index contributed by atoms with van der Waals surface area (Å²) in [6.07, 6.45) is 0.621. The maximum absolute atomic E-state index is 12.5. The third-order valence-electron chi connectivity index (χ3n) is 4.81. The van der Waals surface area contributed by atoms with E-state index in [4.69, 9.17) is 0 Å². The molecule has 0 aromatic heterocycles. The molecular weight excluding hydrogens is 362 g/mol. The van der Waals surface area contributed by atoms with E-state index in [1.165, 1.54) is 0 Å². The van der Waals surface area contributed by atoms with Crippen molar-refractivity contribution in [2.75, 3.05) is 19.6 Å². The molecule has 0 aliphatic heterocycles. The van der Waals surface area contributed by atoms with Crippen molar-refractivity contribution in [3.8, 4) is 0 Å². The second kappa shape index (κ2) is 10.2. The van der Waals surface area contributed by atoms with Crippen LogP contribution >= 0.6 is 0 Å². The molecule has 0 bridgehead atoms. The largest absolute Gasteiger partial charge is 0.357 e. The summed E-state index contributed by atoms with van der Waals surface area (Å²) in [5.41, 5.74) is 2.47. The van der Waals surface area contributed by atoms with Crippen LogP contribution < -0.4 is 16.0 Å². The molecule has 148 valence electrons. The Morgan fingerprint density at radius 1 is 0.724 bits per heavy atom. The summed E-state index contributed by atoms with van der Waals surface area (Å²) in [6.45, 7) is 0.907. The summed E-state index contributed by atoms with van der Waals surface area (Å²) in [5.74, 6) is -0.134. The van der Waals surface area contributed by atoms with Gasteiger partial charge in [0.2, 0.25) is 12.3 Å². The highest BCUT2D eigenvalue weighted by Gasteiger charge is 2.36. The molecule has 3 aromatic rings. The number of carbonyl (C=O) groups excluding carboxylic acids is 2. The van der Waals surface area contributed by atoms with Gasteiger partial charge in [-0.1, -0.05) is 91.0 Å². The second-order valence-electron chi connectivity index (χ2n) is 6.62. The number of rotatable bonds is 10. The van der Waals surface area contributed by atoms with Gasteiger partial charge in [0.1, 0.15) is 0 Å². The van der Waals surface area contributed by atoms with E-state index in [2.05, 4.69) is 52.3 Å². The first-order chi connectivity index (χ1) is 14.3. The lowest BCUT2D eigenvalue weighted by Crippen LogP contribution is -2.49. The van der Waals surface area contributed by atoms with Crippen LogP contribution in [0.3, 0.4) is 0 Å². The Kier molecular flexibility index (Phi) is 7.14. The normalized spacial score (nSPS) is 10.9. The molecule has 0 atom stereocenters. The lowest BCUT2D eigenvalue weighted by Gasteiger charge is -2.37. The molecule has 5 heteroatoms. The van der Waals surface area contributed by atoms with Crippen molar-refractivity contribution in [1.82, 2.24) is 16.0 Å². The zero-order valence-corrected chi connectivity index (χ0v) is 16.2. The fourth-order valence-electron chi connectivity index (χ4n) is 3.48. The summed E-state index contributed by atoms with van der Waals surface area (Å²) in [4.78, 5) is 22.8. The SMILES string of the molecule is O=CNCCNC(=O)CNC(c1ccccc1)(c1ccccc1)c1ccccc1. The molecule has 0 spiro atoms. The summed E-state index contributed by atoms with van der Waals surface area (Å²) >= 11 is 0. The maximum Gasteiger partial charge on any atom is 0.234 e. The van der Waals surface area contributed by atoms with E-state index in [1.807, 2.05) is 54.6 Å². The molecule has 0 aliphatic carbocycles. The average molecular weight is 387 g/mol. The Bertz CT molecular complexity index is 803. The van der Waals surface area contributed by atoms with Gasteiger partial charge in [-0.25, -0.2) is 0 Å². The quantitative estimate of drug-likeness (QED) is 0.284. The van der Waals surface area contributed by atoms with Crippen molar-refractivity contribution < 1.29 is 9.59 Å². The van der Waals surface area contributed by atoms with E-state index < -0.39 is 5.54 Å². The first kappa shape index (κ1) is 20.3. The molecule has 5 nitrogen and oxygen atoms in total. The fraction of sp³-hybridized carbons (Fsp3) is 0.167. The van der Waals surface area contributed by atoms with E-state index in [-0.39, 0.29) is 12.5 Å². The van der Waals surface area contributed by atoms with Crippen LogP contribution in [0.2, 0.25) is 0 Å². The Labute approximate surface area is 171 Å². The van der Waals surface area contributed by atoms with Crippen LogP contribution in [0.1, 0.15) is 16.7 Å². The van der Waals surface area contributed by atoms with Crippen LogP contribution in [0.5, 0.6) is 0 Å². The Morgan fingerprint density at radius 3 is 1.59 bits per heavy atom. The van der Waals surface area contributed by atoms with Crippen LogP contribution in [0, 0.1) is 0 Å². The molecule has 3 rings (SSSR count). The van der Waals surface area contributed by atoms with Crippen molar-refractivity contribution in [1.29, 1.82) is 0 Å². The molecule has 0 saturated heterocycles. The molecule has 0 aliphatic rings. The highest BCUT2D eigenvalue weighted by atomic mass is 16.2. The standard InChI is InChI=1S/C24H25N3O2/c28-19-25-16-17-26-23(29)18-27-24(20-10-4-1-5-11-20,21-12-6-2-7-13-21)22-14-8-3-9-15-22/h1-15,19,27H,16-18H2,(H,25,28)(H,26,29). The van der Waals surface area contributed by atoms with Crippen molar-refractivity contribution >= 4 is 12.3 Å². The molecule has 0 radical (unpaired) electrons. The van der Waals surface area contributed by atoms with Crippen LogP contribution in [0.25, 0.3) is 0 Å². The van der Waals surface area contributed by atoms with Crippen molar-refractivity contribution in [2.45, 2.75) is 5.54 Å². The third kappa shape index (κ3) is 4.89. The number of carbonyl (C=O) groups is 2. The maximum atomic E-state index is 12.5. The molecular formula is C24H25N3O2. The zero-order valence-electron chi connectivity index (χ0n) is 16.2. The summed E-state index contributed by atoms with van der Waals surface area (Å²) < 4.78 is 0. The number of nitrogens with one attached hydrogen (secondary N) is 3. The van der Waals surface area contributed by atoms with Crippen LogP contribution in [0.15, 0.2) is 91.0 Å². The summed E-state index contributed by atoms with van der Waals surface area (Å²) in [5, 5.41) is 8.88. The number of hydrogen-bond donors (Lipinski definition) is 3.